The number of halogens is 3. The Kier molecular flexibility index (Phi) is 2.96. The molecule has 0 aromatic heterocycles. The van der Waals surface area contributed by atoms with Crippen molar-refractivity contribution in [1.82, 2.24) is 0 Å². The number of rotatable bonds is 2. The van der Waals surface area contributed by atoms with Crippen LogP contribution in [0.4, 0.5) is 8.78 Å². The first-order valence-electron chi connectivity index (χ1n) is 3.34. The summed E-state index contributed by atoms with van der Waals surface area (Å²) in [4.78, 5) is -0.985. The first-order chi connectivity index (χ1) is 6.38. The molecule has 0 aliphatic rings. The summed E-state index contributed by atoms with van der Waals surface area (Å²) in [5.74, 6) is -3.18. The Hall–Kier alpha value is -0.880. The second kappa shape index (κ2) is 3.70. The van der Waals surface area contributed by atoms with Gasteiger partial charge in [-0.1, -0.05) is 0 Å². The van der Waals surface area contributed by atoms with E-state index in [2.05, 4.69) is 4.74 Å². The lowest BCUT2D eigenvalue weighted by atomic mass is 10.3. The molecule has 0 atom stereocenters. The Morgan fingerprint density at radius 2 is 1.93 bits per heavy atom. The van der Waals surface area contributed by atoms with Gasteiger partial charge in [-0.25, -0.2) is 17.2 Å². The maximum Gasteiger partial charge on any atom is 0.268 e. The first kappa shape index (κ1) is 11.2. The third-order valence-corrected chi connectivity index (χ3v) is 2.81. The Labute approximate surface area is 83.7 Å². The number of ether oxygens (including phenoxy) is 1. The van der Waals surface area contributed by atoms with Gasteiger partial charge in [0.2, 0.25) is 0 Å². The molecule has 3 nitrogen and oxygen atoms in total. The smallest absolute Gasteiger partial charge is 0.268 e. The van der Waals surface area contributed by atoms with Crippen molar-refractivity contribution in [3.63, 3.8) is 0 Å². The number of hydrogen-bond acceptors (Lipinski definition) is 3. The molecule has 1 aromatic rings. The number of hydrogen-bond donors (Lipinski definition) is 0. The quantitative estimate of drug-likeness (QED) is 0.744. The molecule has 0 bridgehead atoms. The molecule has 0 aliphatic heterocycles. The van der Waals surface area contributed by atoms with Crippen molar-refractivity contribution in [2.75, 3.05) is 7.11 Å². The van der Waals surface area contributed by atoms with Gasteiger partial charge >= 0.3 is 0 Å². The van der Waals surface area contributed by atoms with Gasteiger partial charge < -0.3 is 4.74 Å². The van der Waals surface area contributed by atoms with E-state index < -0.39 is 25.6 Å². The van der Waals surface area contributed by atoms with Crippen LogP contribution in [0.2, 0.25) is 0 Å². The molecule has 0 N–H and O–H groups in total. The summed E-state index contributed by atoms with van der Waals surface area (Å²) in [5, 5.41) is 0. The van der Waals surface area contributed by atoms with Crippen LogP contribution in [-0.4, -0.2) is 15.5 Å². The zero-order valence-corrected chi connectivity index (χ0v) is 8.49. The fourth-order valence-corrected chi connectivity index (χ4v) is 2.04. The highest BCUT2D eigenvalue weighted by molar-refractivity contribution is 8.13. The van der Waals surface area contributed by atoms with E-state index in [1.807, 2.05) is 0 Å². The van der Waals surface area contributed by atoms with Crippen LogP contribution in [0, 0.1) is 11.6 Å². The van der Waals surface area contributed by atoms with Gasteiger partial charge in [-0.2, -0.15) is 0 Å². The molecule has 14 heavy (non-hydrogen) atoms. The molecule has 0 radical (unpaired) electrons. The van der Waals surface area contributed by atoms with Gasteiger partial charge in [-0.05, 0) is 12.1 Å². The first-order valence-corrected chi connectivity index (χ1v) is 5.65. The lowest BCUT2D eigenvalue weighted by Gasteiger charge is -2.06. The Morgan fingerprint density at radius 3 is 2.36 bits per heavy atom. The average molecular weight is 243 g/mol. The molecule has 0 aliphatic carbocycles. The van der Waals surface area contributed by atoms with Gasteiger partial charge in [0.1, 0.15) is 5.75 Å². The van der Waals surface area contributed by atoms with Crippen molar-refractivity contribution in [1.29, 1.82) is 0 Å². The molecule has 0 fully saturated rings. The van der Waals surface area contributed by atoms with Crippen LogP contribution in [-0.2, 0) is 9.05 Å². The molecule has 78 valence electrons. The third-order valence-electron chi connectivity index (χ3n) is 1.48. The van der Waals surface area contributed by atoms with E-state index in [-0.39, 0.29) is 5.75 Å². The summed E-state index contributed by atoms with van der Waals surface area (Å²) in [7, 11) is 1.66. The summed E-state index contributed by atoms with van der Waals surface area (Å²) in [6.07, 6.45) is 0. The van der Waals surface area contributed by atoms with Crippen molar-refractivity contribution in [3.05, 3.63) is 23.8 Å². The second-order valence-electron chi connectivity index (χ2n) is 2.33. The van der Waals surface area contributed by atoms with Gasteiger partial charge in [-0.3, -0.25) is 0 Å². The molecule has 1 aromatic carbocycles. The maximum atomic E-state index is 13.0. The fourth-order valence-electron chi connectivity index (χ4n) is 0.902. The number of benzene rings is 1. The minimum Gasteiger partial charge on any atom is -0.495 e. The summed E-state index contributed by atoms with van der Waals surface area (Å²) in [5.41, 5.74) is 0. The average Bonchev–Trinajstić information content (AvgIpc) is 2.07. The molecular formula is C7H5ClF2O3S. The van der Waals surface area contributed by atoms with Crippen LogP contribution in [0.5, 0.6) is 5.75 Å². The molecule has 0 spiro atoms. The van der Waals surface area contributed by atoms with Crippen LogP contribution in [0.15, 0.2) is 17.0 Å². The SMILES string of the molecule is COc1ccc(F)c(F)c1S(=O)(=O)Cl. The van der Waals surface area contributed by atoms with Crippen molar-refractivity contribution in [2.45, 2.75) is 4.90 Å². The molecule has 0 heterocycles. The minimum atomic E-state index is -4.37. The van der Waals surface area contributed by atoms with Gasteiger partial charge in [0, 0.05) is 10.7 Å². The molecular weight excluding hydrogens is 238 g/mol. The third kappa shape index (κ3) is 1.96. The van der Waals surface area contributed by atoms with E-state index in [1.54, 1.807) is 0 Å². The monoisotopic (exact) mass is 242 g/mol. The van der Waals surface area contributed by atoms with Crippen LogP contribution in [0.3, 0.4) is 0 Å². The van der Waals surface area contributed by atoms with E-state index in [0.29, 0.717) is 0 Å². The highest BCUT2D eigenvalue weighted by Gasteiger charge is 2.24. The van der Waals surface area contributed by atoms with Crippen molar-refractivity contribution in [3.8, 4) is 5.75 Å². The minimum absolute atomic E-state index is 0.334. The van der Waals surface area contributed by atoms with E-state index in [9.17, 15) is 17.2 Å². The lowest BCUT2D eigenvalue weighted by molar-refractivity contribution is 0.387. The van der Waals surface area contributed by atoms with Crippen LogP contribution >= 0.6 is 10.7 Å². The predicted octanol–water partition coefficient (Wildman–Crippen LogP) is 1.90. The lowest BCUT2D eigenvalue weighted by Crippen LogP contribution is -2.02. The predicted molar refractivity (Wildman–Crippen MR) is 45.9 cm³/mol. The Morgan fingerprint density at radius 1 is 1.36 bits per heavy atom. The molecule has 0 unspecified atom stereocenters. The van der Waals surface area contributed by atoms with Crippen molar-refractivity contribution in [2.24, 2.45) is 0 Å². The molecule has 0 saturated carbocycles. The summed E-state index contributed by atoms with van der Waals surface area (Å²) in [6, 6.07) is 1.73. The van der Waals surface area contributed by atoms with E-state index in [4.69, 9.17) is 10.7 Å². The molecule has 0 saturated heterocycles. The van der Waals surface area contributed by atoms with E-state index in [0.717, 1.165) is 19.2 Å². The fraction of sp³-hybridized carbons (Fsp3) is 0.143. The van der Waals surface area contributed by atoms with E-state index >= 15 is 0 Å². The number of methoxy groups -OCH3 is 1. The van der Waals surface area contributed by atoms with Gasteiger partial charge in [0.05, 0.1) is 7.11 Å². The highest BCUT2D eigenvalue weighted by Crippen LogP contribution is 2.30. The zero-order chi connectivity index (χ0) is 10.9. The highest BCUT2D eigenvalue weighted by atomic mass is 35.7. The second-order valence-corrected chi connectivity index (χ2v) is 4.83. The largest absolute Gasteiger partial charge is 0.495 e. The molecule has 0 amide bonds. The summed E-state index contributed by atoms with van der Waals surface area (Å²) < 4.78 is 52.0. The van der Waals surface area contributed by atoms with Crippen LogP contribution < -0.4 is 4.74 Å². The summed E-state index contributed by atoms with van der Waals surface area (Å²) in [6.45, 7) is 0. The van der Waals surface area contributed by atoms with Crippen molar-refractivity contribution >= 4 is 19.7 Å². The van der Waals surface area contributed by atoms with E-state index in [1.165, 1.54) is 0 Å². The van der Waals surface area contributed by atoms with Gasteiger partial charge in [0.25, 0.3) is 9.05 Å². The Bertz CT molecular complexity index is 458. The van der Waals surface area contributed by atoms with Gasteiger partial charge in [-0.15, -0.1) is 0 Å². The maximum absolute atomic E-state index is 13.0. The van der Waals surface area contributed by atoms with Crippen LogP contribution in [0.1, 0.15) is 0 Å². The normalized spacial score (nSPS) is 11.4. The molecule has 1 rings (SSSR count). The zero-order valence-electron chi connectivity index (χ0n) is 6.92. The Balaban J connectivity index is 3.60. The van der Waals surface area contributed by atoms with Gasteiger partial charge in [0.15, 0.2) is 16.5 Å². The standard InChI is InChI=1S/C7H5ClF2O3S/c1-13-5-3-2-4(9)6(10)7(5)14(8,11)12/h2-3H,1H3. The van der Waals surface area contributed by atoms with Crippen LogP contribution in [0.25, 0.3) is 0 Å². The van der Waals surface area contributed by atoms with Crippen molar-refractivity contribution < 1.29 is 21.9 Å². The topological polar surface area (TPSA) is 43.4 Å². The molecule has 7 heteroatoms. The summed E-state index contributed by atoms with van der Waals surface area (Å²) >= 11 is 0.